The molecule has 0 saturated heterocycles. The number of ether oxygens (including phenoxy) is 2. The zero-order valence-corrected chi connectivity index (χ0v) is 34.2. The number of aryl methyl sites for hydroxylation is 2. The maximum atomic E-state index is 12.0. The molecule has 0 fully saturated rings. The van der Waals surface area contributed by atoms with Crippen molar-refractivity contribution in [1.82, 2.24) is 19.1 Å². The lowest BCUT2D eigenvalue weighted by Gasteiger charge is -2.15. The SMILES string of the molecule is Cc1oc(-c2ccc(Cc3oc(-c4ccccc4)nc3CCOc3ccc([C@@H](C(=O)O)n4cccc4)cc3)cc2)nc1CCOc1ccc(CC[C@@H](C(=O)O)n2cccc2)cc1. The Morgan fingerprint density at radius 3 is 1.77 bits per heavy atom. The van der Waals surface area contributed by atoms with Gasteiger partial charge in [0.25, 0.3) is 0 Å². The van der Waals surface area contributed by atoms with Crippen molar-refractivity contribution < 1.29 is 38.1 Å². The Morgan fingerprint density at radius 1 is 0.597 bits per heavy atom. The van der Waals surface area contributed by atoms with Crippen LogP contribution in [0.15, 0.2) is 161 Å². The molecule has 2 atom stereocenters. The number of carboxylic acid groups (broad SMARTS) is 2. The number of nitrogens with zero attached hydrogens (tertiary/aromatic N) is 4. The summed E-state index contributed by atoms with van der Waals surface area (Å²) in [5, 5.41) is 19.5. The van der Waals surface area contributed by atoms with Crippen LogP contribution in [0.1, 0.15) is 58.1 Å². The van der Waals surface area contributed by atoms with Crippen LogP contribution < -0.4 is 9.47 Å². The highest BCUT2D eigenvalue weighted by Crippen LogP contribution is 2.28. The van der Waals surface area contributed by atoms with Crippen LogP contribution >= 0.6 is 0 Å². The molecule has 12 heteroatoms. The molecule has 0 aliphatic rings. The van der Waals surface area contributed by atoms with E-state index in [1.54, 1.807) is 70.3 Å². The van der Waals surface area contributed by atoms with Gasteiger partial charge in [-0.15, -0.1) is 0 Å². The molecular weight excluding hydrogens is 785 g/mol. The number of hydrogen-bond acceptors (Lipinski definition) is 8. The molecule has 8 aromatic rings. The van der Waals surface area contributed by atoms with Gasteiger partial charge in [0.15, 0.2) is 6.04 Å². The molecule has 2 N–H and O–H groups in total. The number of aromatic nitrogens is 4. The van der Waals surface area contributed by atoms with Gasteiger partial charge in [-0.3, -0.25) is 0 Å². The number of hydrogen-bond donors (Lipinski definition) is 2. The Labute approximate surface area is 358 Å². The highest BCUT2D eigenvalue weighted by molar-refractivity contribution is 5.76. The van der Waals surface area contributed by atoms with Gasteiger partial charge < -0.3 is 37.7 Å². The van der Waals surface area contributed by atoms with Crippen LogP contribution in [-0.4, -0.2) is 54.5 Å². The van der Waals surface area contributed by atoms with Gasteiger partial charge in [-0.25, -0.2) is 19.6 Å². The first kappa shape index (κ1) is 41.1. The summed E-state index contributed by atoms with van der Waals surface area (Å²) in [6.07, 6.45) is 9.75. The minimum Gasteiger partial charge on any atom is -0.493 e. The lowest BCUT2D eigenvalue weighted by Crippen LogP contribution is -2.18. The first-order chi connectivity index (χ1) is 30.3. The van der Waals surface area contributed by atoms with Crippen LogP contribution in [0.25, 0.3) is 22.9 Å². The number of rotatable bonds is 20. The van der Waals surface area contributed by atoms with Crippen molar-refractivity contribution in [3.05, 3.63) is 192 Å². The third-order valence-electron chi connectivity index (χ3n) is 10.7. The topological polar surface area (TPSA) is 155 Å². The first-order valence-corrected chi connectivity index (χ1v) is 20.5. The van der Waals surface area contributed by atoms with Gasteiger partial charge in [0, 0.05) is 55.2 Å². The first-order valence-electron chi connectivity index (χ1n) is 20.5. The molecule has 0 spiro atoms. The largest absolute Gasteiger partial charge is 0.493 e. The minimum absolute atomic E-state index is 0.349. The van der Waals surface area contributed by atoms with Gasteiger partial charge in [0.2, 0.25) is 11.8 Å². The highest BCUT2D eigenvalue weighted by atomic mass is 16.5. The van der Waals surface area contributed by atoms with Crippen molar-refractivity contribution in [2.75, 3.05) is 13.2 Å². The van der Waals surface area contributed by atoms with Crippen LogP contribution in [0, 0.1) is 6.92 Å². The van der Waals surface area contributed by atoms with Crippen molar-refractivity contribution in [3.8, 4) is 34.4 Å². The van der Waals surface area contributed by atoms with E-state index < -0.39 is 24.0 Å². The normalized spacial score (nSPS) is 12.2. The maximum absolute atomic E-state index is 12.0. The van der Waals surface area contributed by atoms with E-state index in [1.807, 2.05) is 97.9 Å². The second-order valence-corrected chi connectivity index (χ2v) is 15.0. The number of oxazole rings is 2. The molecule has 0 amide bonds. The second-order valence-electron chi connectivity index (χ2n) is 15.0. The van der Waals surface area contributed by atoms with Gasteiger partial charge in [-0.2, -0.15) is 0 Å². The summed E-state index contributed by atoms with van der Waals surface area (Å²) in [5.41, 5.74) is 6.09. The van der Waals surface area contributed by atoms with E-state index in [4.69, 9.17) is 28.3 Å². The van der Waals surface area contributed by atoms with E-state index in [0.29, 0.717) is 68.4 Å². The fourth-order valence-corrected chi connectivity index (χ4v) is 7.41. The zero-order valence-electron chi connectivity index (χ0n) is 34.2. The average molecular weight is 831 g/mol. The van der Waals surface area contributed by atoms with E-state index in [-0.39, 0.29) is 0 Å². The second kappa shape index (κ2) is 19.2. The molecule has 0 saturated carbocycles. The van der Waals surface area contributed by atoms with Gasteiger partial charge in [0.1, 0.15) is 29.1 Å². The lowest BCUT2D eigenvalue weighted by atomic mass is 10.0. The minimum atomic E-state index is -0.937. The van der Waals surface area contributed by atoms with E-state index in [1.165, 1.54) is 0 Å². The van der Waals surface area contributed by atoms with Crippen molar-refractivity contribution in [3.63, 3.8) is 0 Å². The molecule has 62 heavy (non-hydrogen) atoms. The van der Waals surface area contributed by atoms with Crippen molar-refractivity contribution in [1.29, 1.82) is 0 Å². The Bertz CT molecular complexity index is 2670. The summed E-state index contributed by atoms with van der Waals surface area (Å²) in [6.45, 7) is 2.67. The average Bonchev–Trinajstić information content (AvgIpc) is 4.13. The molecular formula is C50H46N4O8. The van der Waals surface area contributed by atoms with Gasteiger partial charge in [-0.1, -0.05) is 54.6 Å². The van der Waals surface area contributed by atoms with Crippen molar-refractivity contribution in [2.24, 2.45) is 0 Å². The molecule has 0 aliphatic heterocycles. The highest BCUT2D eigenvalue weighted by Gasteiger charge is 2.22. The molecule has 4 aromatic carbocycles. The zero-order chi connectivity index (χ0) is 42.8. The van der Waals surface area contributed by atoms with Crippen molar-refractivity contribution >= 4 is 11.9 Å². The Kier molecular flexibility index (Phi) is 12.7. The fourth-order valence-electron chi connectivity index (χ4n) is 7.41. The Morgan fingerprint density at radius 2 is 1.15 bits per heavy atom. The standard InChI is InChI=1S/C50H46N4O8/c1-34-42(25-31-59-40-20-13-35(14-21-40)15-24-44(49(55)56)53-27-5-6-28-53)51-47(61-34)39-16-11-36(12-17-39)33-45-43(52-48(62-45)38-9-3-2-4-10-38)26-32-60-41-22-18-37(19-23-41)46(50(57)58)54-29-7-8-30-54/h2-14,16-23,27-30,44,46H,15,24-26,31-33H2,1H3,(H,55,56)(H,57,58)/t44-,46-/m0/s1. The molecule has 0 radical (unpaired) electrons. The van der Waals surface area contributed by atoms with Gasteiger partial charge in [0.05, 0.1) is 24.6 Å². The Balaban J connectivity index is 0.862. The molecule has 0 bridgehead atoms. The maximum Gasteiger partial charge on any atom is 0.331 e. The summed E-state index contributed by atoms with van der Waals surface area (Å²) < 4.78 is 28.0. The fraction of sp³-hybridized carbons (Fsp3) is 0.200. The van der Waals surface area contributed by atoms with Crippen molar-refractivity contribution in [2.45, 2.75) is 51.1 Å². The van der Waals surface area contributed by atoms with E-state index in [0.717, 1.165) is 50.9 Å². The predicted molar refractivity (Wildman–Crippen MR) is 232 cm³/mol. The summed E-state index contributed by atoms with van der Waals surface area (Å²) in [6, 6.07) is 38.6. The van der Waals surface area contributed by atoms with Crippen LogP contribution in [0.2, 0.25) is 0 Å². The Hall–Kier alpha value is -7.60. The molecule has 4 aromatic heterocycles. The number of carboxylic acids is 2. The smallest absolute Gasteiger partial charge is 0.331 e. The molecule has 314 valence electrons. The third-order valence-corrected chi connectivity index (χ3v) is 10.7. The summed E-state index contributed by atoms with van der Waals surface area (Å²) in [4.78, 5) is 33.5. The molecule has 12 nitrogen and oxygen atoms in total. The summed E-state index contributed by atoms with van der Waals surface area (Å²) in [5.74, 6) is 2.14. The quantitative estimate of drug-likeness (QED) is 0.0759. The summed E-state index contributed by atoms with van der Waals surface area (Å²) in [7, 11) is 0. The number of carbonyl (C=O) groups is 2. The van der Waals surface area contributed by atoms with Crippen LogP contribution in [0.4, 0.5) is 0 Å². The molecule has 0 aliphatic carbocycles. The van der Waals surface area contributed by atoms with Gasteiger partial charge >= 0.3 is 11.9 Å². The van der Waals surface area contributed by atoms with E-state index in [2.05, 4.69) is 0 Å². The van der Waals surface area contributed by atoms with Crippen LogP contribution in [0.3, 0.4) is 0 Å². The lowest BCUT2D eigenvalue weighted by molar-refractivity contribution is -0.141. The summed E-state index contributed by atoms with van der Waals surface area (Å²) >= 11 is 0. The van der Waals surface area contributed by atoms with E-state index >= 15 is 0 Å². The molecule has 4 heterocycles. The third kappa shape index (κ3) is 10.0. The number of aliphatic carboxylic acids is 2. The molecule has 0 unspecified atom stereocenters. The molecule has 8 rings (SSSR count). The van der Waals surface area contributed by atoms with E-state index in [9.17, 15) is 19.8 Å². The van der Waals surface area contributed by atoms with Crippen LogP contribution in [0.5, 0.6) is 11.5 Å². The predicted octanol–water partition coefficient (Wildman–Crippen LogP) is 9.67. The van der Waals surface area contributed by atoms with Crippen LogP contribution in [-0.2, 0) is 35.3 Å². The monoisotopic (exact) mass is 830 g/mol. The van der Waals surface area contributed by atoms with Gasteiger partial charge in [-0.05, 0) is 109 Å². The number of benzene rings is 4.